The molecule has 0 saturated carbocycles. The van der Waals surface area contributed by atoms with E-state index in [0.29, 0.717) is 6.10 Å². The maximum absolute atomic E-state index is 5.47. The molecule has 86 valence electrons. The van der Waals surface area contributed by atoms with Crippen LogP contribution in [-0.2, 0) is 4.74 Å². The first-order valence-electron chi connectivity index (χ1n) is 5.78. The SMILES string of the molecule is CC(C)OCCCCCNC(C)(C)C. The topological polar surface area (TPSA) is 21.3 Å². The Labute approximate surface area is 89.4 Å². The fraction of sp³-hybridized carbons (Fsp3) is 1.00. The van der Waals surface area contributed by atoms with Crippen LogP contribution in [0.25, 0.3) is 0 Å². The van der Waals surface area contributed by atoms with E-state index in [1.54, 1.807) is 0 Å². The van der Waals surface area contributed by atoms with Gasteiger partial charge in [0, 0.05) is 12.1 Å². The third kappa shape index (κ3) is 11.9. The number of ether oxygens (including phenoxy) is 1. The molecule has 0 spiro atoms. The minimum Gasteiger partial charge on any atom is -0.379 e. The molecule has 0 aliphatic heterocycles. The molecule has 0 aliphatic carbocycles. The van der Waals surface area contributed by atoms with Gasteiger partial charge >= 0.3 is 0 Å². The molecule has 0 heterocycles. The van der Waals surface area contributed by atoms with Crippen LogP contribution in [0.15, 0.2) is 0 Å². The van der Waals surface area contributed by atoms with Crippen LogP contribution >= 0.6 is 0 Å². The van der Waals surface area contributed by atoms with Gasteiger partial charge in [-0.25, -0.2) is 0 Å². The minimum absolute atomic E-state index is 0.258. The summed E-state index contributed by atoms with van der Waals surface area (Å²) < 4.78 is 5.47. The van der Waals surface area contributed by atoms with Gasteiger partial charge in [0.25, 0.3) is 0 Å². The molecular weight excluding hydrogens is 174 g/mol. The third-order valence-corrected chi connectivity index (χ3v) is 1.93. The average molecular weight is 201 g/mol. The van der Waals surface area contributed by atoms with Crippen LogP contribution in [0.2, 0.25) is 0 Å². The van der Waals surface area contributed by atoms with Crippen molar-refractivity contribution in [1.29, 1.82) is 0 Å². The molecule has 0 aromatic carbocycles. The van der Waals surface area contributed by atoms with Crippen LogP contribution in [0.4, 0.5) is 0 Å². The predicted molar refractivity (Wildman–Crippen MR) is 62.7 cm³/mol. The molecule has 0 saturated heterocycles. The Morgan fingerprint density at radius 1 is 1.07 bits per heavy atom. The second-order valence-corrected chi connectivity index (χ2v) is 5.16. The van der Waals surface area contributed by atoms with Crippen molar-refractivity contribution in [2.75, 3.05) is 13.2 Å². The van der Waals surface area contributed by atoms with E-state index in [9.17, 15) is 0 Å². The Hall–Kier alpha value is -0.0800. The lowest BCUT2D eigenvalue weighted by atomic mass is 10.1. The number of rotatable bonds is 7. The van der Waals surface area contributed by atoms with Crippen molar-refractivity contribution in [1.82, 2.24) is 5.32 Å². The van der Waals surface area contributed by atoms with Crippen molar-refractivity contribution < 1.29 is 4.74 Å². The fourth-order valence-electron chi connectivity index (χ4n) is 1.19. The zero-order valence-electron chi connectivity index (χ0n) is 10.5. The van der Waals surface area contributed by atoms with Gasteiger partial charge in [0.15, 0.2) is 0 Å². The molecular formula is C12H27NO. The van der Waals surface area contributed by atoms with Gasteiger partial charge in [-0.05, 0) is 60.4 Å². The highest BCUT2D eigenvalue weighted by molar-refractivity contribution is 4.69. The Kier molecular flexibility index (Phi) is 7.20. The van der Waals surface area contributed by atoms with Crippen LogP contribution in [0.1, 0.15) is 53.9 Å². The number of nitrogens with one attached hydrogen (secondary N) is 1. The van der Waals surface area contributed by atoms with Crippen LogP contribution in [-0.4, -0.2) is 24.8 Å². The van der Waals surface area contributed by atoms with Crippen LogP contribution in [0.5, 0.6) is 0 Å². The van der Waals surface area contributed by atoms with Crippen LogP contribution in [0, 0.1) is 0 Å². The van der Waals surface area contributed by atoms with Gasteiger partial charge in [-0.1, -0.05) is 0 Å². The van der Waals surface area contributed by atoms with Gasteiger partial charge in [-0.2, -0.15) is 0 Å². The molecule has 14 heavy (non-hydrogen) atoms. The first kappa shape index (κ1) is 13.9. The molecule has 2 heteroatoms. The highest BCUT2D eigenvalue weighted by atomic mass is 16.5. The zero-order valence-corrected chi connectivity index (χ0v) is 10.5. The lowest BCUT2D eigenvalue weighted by Crippen LogP contribution is -2.36. The lowest BCUT2D eigenvalue weighted by Gasteiger charge is -2.20. The highest BCUT2D eigenvalue weighted by Gasteiger charge is 2.06. The van der Waals surface area contributed by atoms with Gasteiger partial charge in [0.05, 0.1) is 6.10 Å². The molecule has 2 nitrogen and oxygen atoms in total. The smallest absolute Gasteiger partial charge is 0.0518 e. The van der Waals surface area contributed by atoms with Crippen molar-refractivity contribution >= 4 is 0 Å². The molecule has 0 radical (unpaired) electrons. The van der Waals surface area contributed by atoms with E-state index in [1.165, 1.54) is 19.3 Å². The first-order chi connectivity index (χ1) is 6.42. The Bertz CT molecular complexity index is 127. The van der Waals surface area contributed by atoms with Crippen molar-refractivity contribution in [2.45, 2.75) is 65.5 Å². The van der Waals surface area contributed by atoms with Gasteiger partial charge in [0.2, 0.25) is 0 Å². The van der Waals surface area contributed by atoms with E-state index in [-0.39, 0.29) is 5.54 Å². The van der Waals surface area contributed by atoms with E-state index in [0.717, 1.165) is 13.2 Å². The first-order valence-corrected chi connectivity index (χ1v) is 5.78. The standard InChI is InChI=1S/C12H27NO/c1-11(2)14-10-8-6-7-9-13-12(3,4)5/h11,13H,6-10H2,1-5H3. The van der Waals surface area contributed by atoms with E-state index in [4.69, 9.17) is 4.74 Å². The lowest BCUT2D eigenvalue weighted by molar-refractivity contribution is 0.0757. The van der Waals surface area contributed by atoms with Gasteiger partial charge in [-0.3, -0.25) is 0 Å². The molecule has 1 N–H and O–H groups in total. The fourth-order valence-corrected chi connectivity index (χ4v) is 1.19. The normalized spacial score (nSPS) is 12.4. The summed E-state index contributed by atoms with van der Waals surface area (Å²) in [6, 6.07) is 0. The van der Waals surface area contributed by atoms with E-state index in [1.807, 2.05) is 0 Å². The second-order valence-electron chi connectivity index (χ2n) is 5.16. The maximum Gasteiger partial charge on any atom is 0.0518 e. The van der Waals surface area contributed by atoms with E-state index >= 15 is 0 Å². The molecule has 0 bridgehead atoms. The minimum atomic E-state index is 0.258. The monoisotopic (exact) mass is 201 g/mol. The van der Waals surface area contributed by atoms with Gasteiger partial charge < -0.3 is 10.1 Å². The summed E-state index contributed by atoms with van der Waals surface area (Å²) in [4.78, 5) is 0. The second kappa shape index (κ2) is 7.24. The quantitative estimate of drug-likeness (QED) is 0.639. The molecule has 0 aliphatic rings. The van der Waals surface area contributed by atoms with Gasteiger partial charge in [-0.15, -0.1) is 0 Å². The molecule has 0 amide bonds. The van der Waals surface area contributed by atoms with E-state index in [2.05, 4.69) is 39.9 Å². The maximum atomic E-state index is 5.47. The summed E-state index contributed by atoms with van der Waals surface area (Å²) in [5.74, 6) is 0. The van der Waals surface area contributed by atoms with Crippen molar-refractivity contribution in [3.8, 4) is 0 Å². The molecule has 0 unspecified atom stereocenters. The van der Waals surface area contributed by atoms with Crippen molar-refractivity contribution in [3.63, 3.8) is 0 Å². The highest BCUT2D eigenvalue weighted by Crippen LogP contribution is 2.01. The summed E-state index contributed by atoms with van der Waals surface area (Å²) in [7, 11) is 0. The summed E-state index contributed by atoms with van der Waals surface area (Å²) in [6.45, 7) is 12.8. The van der Waals surface area contributed by atoms with Gasteiger partial charge in [0.1, 0.15) is 0 Å². The Morgan fingerprint density at radius 3 is 2.21 bits per heavy atom. The molecule has 0 aromatic rings. The number of hydrogen-bond acceptors (Lipinski definition) is 2. The van der Waals surface area contributed by atoms with Crippen LogP contribution < -0.4 is 5.32 Å². The summed E-state index contributed by atoms with van der Waals surface area (Å²) >= 11 is 0. The Morgan fingerprint density at radius 2 is 1.71 bits per heavy atom. The zero-order chi connectivity index (χ0) is 11.0. The Balaban J connectivity index is 3.07. The molecule has 0 atom stereocenters. The molecule has 0 fully saturated rings. The molecule has 0 rings (SSSR count). The predicted octanol–water partition coefficient (Wildman–Crippen LogP) is 2.97. The summed E-state index contributed by atoms with van der Waals surface area (Å²) in [5, 5.41) is 3.48. The largest absolute Gasteiger partial charge is 0.379 e. The van der Waals surface area contributed by atoms with Crippen molar-refractivity contribution in [2.24, 2.45) is 0 Å². The van der Waals surface area contributed by atoms with Crippen molar-refractivity contribution in [3.05, 3.63) is 0 Å². The molecule has 0 aromatic heterocycles. The van der Waals surface area contributed by atoms with Crippen LogP contribution in [0.3, 0.4) is 0 Å². The average Bonchev–Trinajstić information content (AvgIpc) is 2.00. The van der Waals surface area contributed by atoms with E-state index < -0.39 is 0 Å². The third-order valence-electron chi connectivity index (χ3n) is 1.93. The number of unbranched alkanes of at least 4 members (excludes halogenated alkanes) is 2. The summed E-state index contributed by atoms with van der Waals surface area (Å²) in [6.07, 6.45) is 4.07. The number of hydrogen-bond donors (Lipinski definition) is 1. The summed E-state index contributed by atoms with van der Waals surface area (Å²) in [5.41, 5.74) is 0.258.